The second-order valence-corrected chi connectivity index (χ2v) is 7.61. The molecule has 25 heavy (non-hydrogen) atoms. The molecule has 136 valence electrons. The monoisotopic (exact) mass is 367 g/mol. The molecular weight excluding hydrogens is 345 g/mol. The summed E-state index contributed by atoms with van der Waals surface area (Å²) in [5, 5.41) is 2.70. The topological polar surface area (TPSA) is 52.6 Å². The van der Waals surface area contributed by atoms with Gasteiger partial charge in [0.15, 0.2) is 0 Å². The summed E-state index contributed by atoms with van der Waals surface area (Å²) in [6.45, 7) is 5.80. The van der Waals surface area contributed by atoms with E-state index in [1.165, 1.54) is 18.2 Å². The maximum atomic E-state index is 13.2. The summed E-state index contributed by atoms with van der Waals surface area (Å²) in [5.74, 6) is -0.366. The minimum Gasteiger partial charge on any atom is -0.340 e. The molecule has 0 aromatic heterocycles. The van der Waals surface area contributed by atoms with Crippen molar-refractivity contribution in [2.45, 2.75) is 39.2 Å². The van der Waals surface area contributed by atoms with Crippen LogP contribution in [0.1, 0.15) is 33.1 Å². The van der Waals surface area contributed by atoms with Gasteiger partial charge in [-0.25, -0.2) is 9.18 Å². The summed E-state index contributed by atoms with van der Waals surface area (Å²) in [5.41, 5.74) is -0.0172. The van der Waals surface area contributed by atoms with Gasteiger partial charge in [-0.15, -0.1) is 0 Å². The number of halogens is 2. The van der Waals surface area contributed by atoms with Crippen LogP contribution in [0.25, 0.3) is 0 Å². The number of anilines is 1. The lowest BCUT2D eigenvalue weighted by Gasteiger charge is -2.41. The van der Waals surface area contributed by atoms with Crippen molar-refractivity contribution in [2.75, 3.05) is 25.0 Å². The fourth-order valence-electron chi connectivity index (χ4n) is 3.79. The third-order valence-electron chi connectivity index (χ3n) is 5.20. The standard InChI is InChI=1S/C18H23ClFN3O2/c1-12(2)23-8-3-6-18(16(23)24)7-9-22(11-18)17(25)21-13-4-5-15(20)14(19)10-13/h4-5,10,12H,3,6-9,11H2,1-2H3,(H,21,25). The number of piperidine rings is 1. The number of carbonyl (C=O) groups excluding carboxylic acids is 2. The molecule has 0 bridgehead atoms. The molecule has 5 nitrogen and oxygen atoms in total. The zero-order valence-electron chi connectivity index (χ0n) is 14.5. The molecule has 1 spiro atoms. The first-order valence-electron chi connectivity index (χ1n) is 8.64. The van der Waals surface area contributed by atoms with Crippen LogP contribution in [0.2, 0.25) is 5.02 Å². The summed E-state index contributed by atoms with van der Waals surface area (Å²) in [6, 6.07) is 3.96. The summed E-state index contributed by atoms with van der Waals surface area (Å²) in [4.78, 5) is 29.0. The zero-order chi connectivity index (χ0) is 18.2. The van der Waals surface area contributed by atoms with Crippen LogP contribution in [0.15, 0.2) is 18.2 Å². The second kappa shape index (κ2) is 6.83. The van der Waals surface area contributed by atoms with Gasteiger partial charge in [0.05, 0.1) is 10.4 Å². The number of benzene rings is 1. The van der Waals surface area contributed by atoms with Gasteiger partial charge in [0.25, 0.3) is 0 Å². The summed E-state index contributed by atoms with van der Waals surface area (Å²) >= 11 is 5.75. The number of nitrogens with zero attached hydrogens (tertiary/aromatic N) is 2. The van der Waals surface area contributed by atoms with Crippen molar-refractivity contribution in [1.29, 1.82) is 0 Å². The molecule has 2 aliphatic heterocycles. The van der Waals surface area contributed by atoms with E-state index in [1.807, 2.05) is 18.7 Å². The molecule has 1 aromatic rings. The number of urea groups is 1. The molecule has 0 radical (unpaired) electrons. The van der Waals surface area contributed by atoms with Gasteiger partial charge >= 0.3 is 6.03 Å². The molecule has 3 amide bonds. The first-order valence-corrected chi connectivity index (χ1v) is 9.02. The molecule has 1 atom stereocenters. The quantitative estimate of drug-likeness (QED) is 0.865. The lowest BCUT2D eigenvalue weighted by molar-refractivity contribution is -0.147. The summed E-state index contributed by atoms with van der Waals surface area (Å²) in [6.07, 6.45) is 2.47. The third-order valence-corrected chi connectivity index (χ3v) is 5.49. The van der Waals surface area contributed by atoms with Crippen molar-refractivity contribution in [3.63, 3.8) is 0 Å². The summed E-state index contributed by atoms with van der Waals surface area (Å²) in [7, 11) is 0. The normalized spacial score (nSPS) is 23.6. The number of hydrogen-bond acceptors (Lipinski definition) is 2. The molecule has 1 aromatic carbocycles. The number of hydrogen-bond donors (Lipinski definition) is 1. The van der Waals surface area contributed by atoms with Gasteiger partial charge in [-0.05, 0) is 51.3 Å². The largest absolute Gasteiger partial charge is 0.340 e. The van der Waals surface area contributed by atoms with Gasteiger partial charge < -0.3 is 15.1 Å². The highest BCUT2D eigenvalue weighted by atomic mass is 35.5. The van der Waals surface area contributed by atoms with E-state index in [1.54, 1.807) is 4.90 Å². The van der Waals surface area contributed by atoms with Crippen LogP contribution < -0.4 is 5.32 Å². The molecule has 3 rings (SSSR count). The Kier molecular flexibility index (Phi) is 4.91. The Hall–Kier alpha value is -1.82. The first-order chi connectivity index (χ1) is 11.8. The Balaban J connectivity index is 1.68. The number of rotatable bonds is 2. The maximum Gasteiger partial charge on any atom is 0.321 e. The Bertz CT molecular complexity index is 697. The number of likely N-dealkylation sites (tertiary alicyclic amines) is 2. The van der Waals surface area contributed by atoms with Gasteiger partial charge in [-0.2, -0.15) is 0 Å². The van der Waals surface area contributed by atoms with Crippen molar-refractivity contribution < 1.29 is 14.0 Å². The molecule has 2 aliphatic rings. The van der Waals surface area contributed by atoms with E-state index in [-0.39, 0.29) is 23.0 Å². The van der Waals surface area contributed by atoms with E-state index in [0.717, 1.165) is 19.4 Å². The van der Waals surface area contributed by atoms with Crippen LogP contribution in [0.5, 0.6) is 0 Å². The van der Waals surface area contributed by atoms with Gasteiger partial charge in [-0.3, -0.25) is 4.79 Å². The zero-order valence-corrected chi connectivity index (χ0v) is 15.3. The van der Waals surface area contributed by atoms with Crippen molar-refractivity contribution in [1.82, 2.24) is 9.80 Å². The van der Waals surface area contributed by atoms with Gasteiger partial charge in [0, 0.05) is 31.4 Å². The number of nitrogens with one attached hydrogen (secondary N) is 1. The van der Waals surface area contributed by atoms with E-state index < -0.39 is 11.2 Å². The van der Waals surface area contributed by atoms with E-state index >= 15 is 0 Å². The minimum atomic E-state index is -0.527. The van der Waals surface area contributed by atoms with Gasteiger partial charge in [0.2, 0.25) is 5.91 Å². The van der Waals surface area contributed by atoms with Crippen LogP contribution in [-0.2, 0) is 4.79 Å². The predicted octanol–water partition coefficient (Wildman–Crippen LogP) is 3.73. The molecule has 0 aliphatic carbocycles. The van der Waals surface area contributed by atoms with Crippen LogP contribution in [0.4, 0.5) is 14.9 Å². The molecule has 1 N–H and O–H groups in total. The highest BCUT2D eigenvalue weighted by molar-refractivity contribution is 6.31. The number of amides is 3. The highest BCUT2D eigenvalue weighted by Gasteiger charge is 2.49. The molecule has 7 heteroatoms. The van der Waals surface area contributed by atoms with E-state index in [4.69, 9.17) is 11.6 Å². The highest BCUT2D eigenvalue weighted by Crippen LogP contribution is 2.40. The lowest BCUT2D eigenvalue weighted by Crippen LogP contribution is -2.52. The second-order valence-electron chi connectivity index (χ2n) is 7.21. The molecule has 1 unspecified atom stereocenters. The van der Waals surface area contributed by atoms with Crippen molar-refractivity contribution in [3.05, 3.63) is 29.0 Å². The van der Waals surface area contributed by atoms with Crippen molar-refractivity contribution in [3.8, 4) is 0 Å². The van der Waals surface area contributed by atoms with Crippen molar-refractivity contribution in [2.24, 2.45) is 5.41 Å². The molecule has 0 saturated carbocycles. The van der Waals surface area contributed by atoms with E-state index in [2.05, 4.69) is 5.32 Å². The molecule has 2 fully saturated rings. The van der Waals surface area contributed by atoms with Crippen LogP contribution >= 0.6 is 11.6 Å². The molecule has 2 heterocycles. The third kappa shape index (κ3) is 3.45. The fourth-order valence-corrected chi connectivity index (χ4v) is 3.97. The first kappa shape index (κ1) is 18.0. The fraction of sp³-hybridized carbons (Fsp3) is 0.556. The van der Waals surface area contributed by atoms with Gasteiger partial charge in [-0.1, -0.05) is 11.6 Å². The number of carbonyl (C=O) groups is 2. The van der Waals surface area contributed by atoms with Crippen molar-refractivity contribution >= 4 is 29.2 Å². The average molecular weight is 368 g/mol. The lowest BCUT2D eigenvalue weighted by atomic mass is 9.78. The van der Waals surface area contributed by atoms with E-state index in [9.17, 15) is 14.0 Å². The minimum absolute atomic E-state index is 0.0364. The maximum absolute atomic E-state index is 13.2. The Morgan fingerprint density at radius 1 is 1.32 bits per heavy atom. The predicted molar refractivity (Wildman–Crippen MR) is 95.1 cm³/mol. The van der Waals surface area contributed by atoms with Gasteiger partial charge in [0.1, 0.15) is 5.82 Å². The Labute approximate surface area is 152 Å². The Morgan fingerprint density at radius 2 is 2.08 bits per heavy atom. The SMILES string of the molecule is CC(C)N1CCCC2(CCN(C(=O)Nc3ccc(F)c(Cl)c3)C2)C1=O. The van der Waals surface area contributed by atoms with Crippen LogP contribution in [0.3, 0.4) is 0 Å². The molecule has 2 saturated heterocycles. The average Bonchev–Trinajstić information content (AvgIpc) is 2.99. The Morgan fingerprint density at radius 3 is 2.76 bits per heavy atom. The smallest absolute Gasteiger partial charge is 0.321 e. The molecular formula is C18H23ClFN3O2. The summed E-state index contributed by atoms with van der Waals surface area (Å²) < 4.78 is 13.2. The van der Waals surface area contributed by atoms with Crippen LogP contribution in [0, 0.1) is 11.2 Å². The van der Waals surface area contributed by atoms with Crippen LogP contribution in [-0.4, -0.2) is 47.4 Å². The van der Waals surface area contributed by atoms with E-state index in [0.29, 0.717) is 25.2 Å².